The second kappa shape index (κ2) is 7.38. The van der Waals surface area contributed by atoms with Crippen molar-refractivity contribution in [3.8, 4) is 0 Å². The molecule has 1 aromatic carbocycles. The number of nitrogens with one attached hydrogen (secondary N) is 1. The molecule has 3 N–H and O–H groups in total. The van der Waals surface area contributed by atoms with Gasteiger partial charge in [-0.05, 0) is 31.2 Å². The van der Waals surface area contributed by atoms with Gasteiger partial charge in [0.1, 0.15) is 0 Å². The summed E-state index contributed by atoms with van der Waals surface area (Å²) in [6.07, 6.45) is -2.68. The molecule has 0 fully saturated rings. The Morgan fingerprint density at radius 3 is 2.33 bits per heavy atom. The highest BCUT2D eigenvalue weighted by atomic mass is 19.4. The van der Waals surface area contributed by atoms with E-state index in [2.05, 4.69) is 5.43 Å². The van der Waals surface area contributed by atoms with Gasteiger partial charge in [0.05, 0.1) is 0 Å². The van der Waals surface area contributed by atoms with Crippen LogP contribution in [0, 0.1) is 0 Å². The highest BCUT2D eigenvalue weighted by molar-refractivity contribution is 5.14. The summed E-state index contributed by atoms with van der Waals surface area (Å²) in [5.41, 5.74) is 3.77. The monoisotopic (exact) mass is 260 g/mol. The number of nitrogens with two attached hydrogens (primary N) is 1. The van der Waals surface area contributed by atoms with Crippen molar-refractivity contribution in [3.63, 3.8) is 0 Å². The van der Waals surface area contributed by atoms with Crippen LogP contribution in [0.3, 0.4) is 0 Å². The Kier molecular flexibility index (Phi) is 6.15. The molecule has 0 spiro atoms. The van der Waals surface area contributed by atoms with Crippen molar-refractivity contribution >= 4 is 0 Å². The second-order valence-electron chi connectivity index (χ2n) is 4.40. The van der Waals surface area contributed by atoms with Crippen LogP contribution in [0.5, 0.6) is 0 Å². The van der Waals surface area contributed by atoms with Crippen LogP contribution in [0.1, 0.15) is 31.2 Å². The first-order valence-electron chi connectivity index (χ1n) is 6.08. The van der Waals surface area contributed by atoms with Gasteiger partial charge in [0.25, 0.3) is 0 Å². The van der Waals surface area contributed by atoms with Gasteiger partial charge >= 0.3 is 6.18 Å². The van der Waals surface area contributed by atoms with Gasteiger partial charge in [-0.15, -0.1) is 0 Å². The van der Waals surface area contributed by atoms with Gasteiger partial charge in [0, 0.05) is 12.5 Å². The molecule has 0 aromatic heterocycles. The molecule has 102 valence electrons. The van der Waals surface area contributed by atoms with Crippen LogP contribution < -0.4 is 11.3 Å². The number of rotatable bonds is 7. The van der Waals surface area contributed by atoms with E-state index in [1.807, 2.05) is 30.3 Å². The molecule has 0 aliphatic rings. The van der Waals surface area contributed by atoms with E-state index in [0.29, 0.717) is 6.42 Å². The first-order valence-corrected chi connectivity index (χ1v) is 6.08. The molecule has 1 unspecified atom stereocenters. The quantitative estimate of drug-likeness (QED) is 0.583. The van der Waals surface area contributed by atoms with Crippen LogP contribution in [0.15, 0.2) is 30.3 Å². The third-order valence-electron chi connectivity index (χ3n) is 2.87. The van der Waals surface area contributed by atoms with E-state index in [9.17, 15) is 13.2 Å². The zero-order valence-electron chi connectivity index (χ0n) is 10.2. The second-order valence-corrected chi connectivity index (χ2v) is 4.40. The SMILES string of the molecule is NNC(CCCC(F)(F)F)CCc1ccccc1. The summed E-state index contributed by atoms with van der Waals surface area (Å²) in [6, 6.07) is 9.78. The maximum absolute atomic E-state index is 12.0. The van der Waals surface area contributed by atoms with Crippen molar-refractivity contribution in [1.29, 1.82) is 0 Å². The van der Waals surface area contributed by atoms with Gasteiger partial charge < -0.3 is 0 Å². The molecule has 0 amide bonds. The zero-order chi connectivity index (χ0) is 13.4. The number of alkyl halides is 3. The number of hydrogen-bond donors (Lipinski definition) is 2. The molecule has 0 saturated carbocycles. The fourth-order valence-corrected chi connectivity index (χ4v) is 1.85. The first kappa shape index (κ1) is 15.0. The van der Waals surface area contributed by atoms with E-state index in [1.165, 1.54) is 5.56 Å². The standard InChI is InChI=1S/C13H19F3N2/c14-13(15,16)10-4-7-12(18-17)9-8-11-5-2-1-3-6-11/h1-3,5-6,12,18H,4,7-10,17H2. The van der Waals surface area contributed by atoms with Gasteiger partial charge in [-0.25, -0.2) is 0 Å². The van der Waals surface area contributed by atoms with Crippen molar-refractivity contribution in [2.45, 2.75) is 44.3 Å². The molecule has 1 rings (SSSR count). The molecule has 18 heavy (non-hydrogen) atoms. The molecule has 0 bridgehead atoms. The van der Waals surface area contributed by atoms with Gasteiger partial charge in [-0.2, -0.15) is 13.2 Å². The van der Waals surface area contributed by atoms with Crippen LogP contribution in [0.25, 0.3) is 0 Å². The minimum absolute atomic E-state index is 0.0624. The number of hydrogen-bond acceptors (Lipinski definition) is 2. The largest absolute Gasteiger partial charge is 0.389 e. The molecule has 0 radical (unpaired) electrons. The van der Waals surface area contributed by atoms with E-state index < -0.39 is 12.6 Å². The Labute approximate surface area is 105 Å². The predicted molar refractivity (Wildman–Crippen MR) is 65.8 cm³/mol. The molecule has 0 saturated heterocycles. The molecule has 1 atom stereocenters. The molecular weight excluding hydrogens is 241 g/mol. The van der Waals surface area contributed by atoms with Crippen molar-refractivity contribution in [2.24, 2.45) is 5.84 Å². The lowest BCUT2D eigenvalue weighted by Gasteiger charge is -2.16. The lowest BCUT2D eigenvalue weighted by molar-refractivity contribution is -0.135. The summed E-state index contributed by atoms with van der Waals surface area (Å²) < 4.78 is 36.0. The Hall–Kier alpha value is -1.07. The molecule has 1 aromatic rings. The summed E-state index contributed by atoms with van der Waals surface area (Å²) in [7, 11) is 0. The van der Waals surface area contributed by atoms with Crippen LogP contribution in [-0.4, -0.2) is 12.2 Å². The summed E-state index contributed by atoms with van der Waals surface area (Å²) in [4.78, 5) is 0. The first-order chi connectivity index (χ1) is 8.51. The van der Waals surface area contributed by atoms with Crippen LogP contribution >= 0.6 is 0 Å². The molecule has 0 aliphatic carbocycles. The van der Waals surface area contributed by atoms with Crippen molar-refractivity contribution in [3.05, 3.63) is 35.9 Å². The normalized spacial score (nSPS) is 13.6. The maximum atomic E-state index is 12.0. The third kappa shape index (κ3) is 6.61. The molecule has 5 heteroatoms. The van der Waals surface area contributed by atoms with Crippen LogP contribution in [-0.2, 0) is 6.42 Å². The van der Waals surface area contributed by atoms with Crippen molar-refractivity contribution in [1.82, 2.24) is 5.43 Å². The van der Waals surface area contributed by atoms with E-state index in [1.54, 1.807) is 0 Å². The Balaban J connectivity index is 2.25. The summed E-state index contributed by atoms with van der Waals surface area (Å²) in [5, 5.41) is 0. The van der Waals surface area contributed by atoms with Gasteiger partial charge in [0.15, 0.2) is 0 Å². The predicted octanol–water partition coefficient (Wildman–Crippen LogP) is 3.18. The Morgan fingerprint density at radius 1 is 1.11 bits per heavy atom. The number of aryl methyl sites for hydroxylation is 1. The summed E-state index contributed by atoms with van der Waals surface area (Å²) >= 11 is 0. The number of hydrazine groups is 1. The van der Waals surface area contributed by atoms with E-state index in [-0.39, 0.29) is 12.5 Å². The van der Waals surface area contributed by atoms with E-state index in [4.69, 9.17) is 5.84 Å². The van der Waals surface area contributed by atoms with Crippen molar-refractivity contribution < 1.29 is 13.2 Å². The fourth-order valence-electron chi connectivity index (χ4n) is 1.85. The van der Waals surface area contributed by atoms with Crippen LogP contribution in [0.4, 0.5) is 13.2 Å². The van der Waals surface area contributed by atoms with Gasteiger partial charge in [-0.1, -0.05) is 30.3 Å². The average Bonchev–Trinajstić information content (AvgIpc) is 2.33. The van der Waals surface area contributed by atoms with E-state index >= 15 is 0 Å². The van der Waals surface area contributed by atoms with Gasteiger partial charge in [0.2, 0.25) is 0 Å². The minimum atomic E-state index is -4.07. The Bertz CT molecular complexity index is 325. The molecule has 0 aliphatic heterocycles. The smallest absolute Gasteiger partial charge is 0.271 e. The minimum Gasteiger partial charge on any atom is -0.271 e. The van der Waals surface area contributed by atoms with Gasteiger partial charge in [-0.3, -0.25) is 11.3 Å². The summed E-state index contributed by atoms with van der Waals surface area (Å²) in [6.45, 7) is 0. The zero-order valence-corrected chi connectivity index (χ0v) is 10.2. The lowest BCUT2D eigenvalue weighted by atomic mass is 10.0. The molecular formula is C13H19F3N2. The molecule has 2 nitrogen and oxygen atoms in total. The molecule has 0 heterocycles. The maximum Gasteiger partial charge on any atom is 0.389 e. The highest BCUT2D eigenvalue weighted by Crippen LogP contribution is 2.23. The average molecular weight is 260 g/mol. The van der Waals surface area contributed by atoms with E-state index in [0.717, 1.165) is 12.8 Å². The highest BCUT2D eigenvalue weighted by Gasteiger charge is 2.26. The topological polar surface area (TPSA) is 38.0 Å². The third-order valence-corrected chi connectivity index (χ3v) is 2.87. The number of halogens is 3. The number of benzene rings is 1. The Morgan fingerprint density at radius 2 is 1.78 bits per heavy atom. The fraction of sp³-hybridized carbons (Fsp3) is 0.538. The van der Waals surface area contributed by atoms with Crippen LogP contribution in [0.2, 0.25) is 0 Å². The van der Waals surface area contributed by atoms with Crippen molar-refractivity contribution in [2.75, 3.05) is 0 Å². The lowest BCUT2D eigenvalue weighted by Crippen LogP contribution is -2.35. The summed E-state index contributed by atoms with van der Waals surface area (Å²) in [5.74, 6) is 5.36.